The third-order valence-electron chi connectivity index (χ3n) is 6.28. The fourth-order valence-corrected chi connectivity index (χ4v) is 5.80. The number of fused-ring (bicyclic) bond motifs is 2. The maximum Gasteiger partial charge on any atom is 0.254 e. The number of hydrogen-bond acceptors (Lipinski definition) is 6. The van der Waals surface area contributed by atoms with E-state index < -0.39 is 11.6 Å². The molecule has 0 bridgehead atoms. The molecule has 2 N–H and O–H groups in total. The van der Waals surface area contributed by atoms with E-state index in [1.165, 1.54) is 0 Å². The number of amides is 2. The predicted molar refractivity (Wildman–Crippen MR) is 149 cm³/mol. The first-order valence-electron chi connectivity index (χ1n) is 11.6. The summed E-state index contributed by atoms with van der Waals surface area (Å²) in [4.78, 5) is 28.7. The first-order chi connectivity index (χ1) is 17.3. The number of ether oxygens (including phenoxy) is 2. The Hall–Kier alpha value is -2.75. The fourth-order valence-electron chi connectivity index (χ4n) is 4.62. The Morgan fingerprint density at radius 1 is 1.22 bits per heavy atom. The van der Waals surface area contributed by atoms with Crippen molar-refractivity contribution in [2.45, 2.75) is 25.1 Å². The van der Waals surface area contributed by atoms with Crippen LogP contribution in [-0.2, 0) is 16.1 Å². The van der Waals surface area contributed by atoms with Crippen LogP contribution in [0.2, 0.25) is 0 Å². The van der Waals surface area contributed by atoms with Gasteiger partial charge in [0, 0.05) is 15.8 Å². The Morgan fingerprint density at radius 2 is 2.00 bits per heavy atom. The molecule has 7 nitrogen and oxygen atoms in total. The van der Waals surface area contributed by atoms with Gasteiger partial charge in [-0.15, -0.1) is 0 Å². The first kappa shape index (κ1) is 26.3. The van der Waals surface area contributed by atoms with Gasteiger partial charge in [0.05, 0.1) is 25.9 Å². The minimum atomic E-state index is -0.960. The molecule has 0 saturated carbocycles. The molecule has 0 radical (unpaired) electrons. The molecular weight excluding hydrogens is 542 g/mol. The molecule has 1 heterocycles. The number of nitrogens with one attached hydrogen (secondary N) is 2. The standard InChI is InChI=1S/C27H30BrN3O4S/c1-27(16-36-4)25(30-24(32)14-29-2)26(33)31(21-7-5-6-8-23(21)35-27)15-20-19-11-10-18(28)13-17(19)9-12-22(20)34-3/h5-13,25,29H,14-16H2,1-4H3,(H,30,32)/t25-,27?/m1/s1. The minimum absolute atomic E-state index is 0.0953. The third-order valence-corrected chi connectivity index (χ3v) is 7.64. The Balaban J connectivity index is 1.86. The summed E-state index contributed by atoms with van der Waals surface area (Å²) < 4.78 is 13.2. The van der Waals surface area contributed by atoms with Gasteiger partial charge in [0.15, 0.2) is 0 Å². The predicted octanol–water partition coefficient (Wildman–Crippen LogP) is 4.36. The van der Waals surface area contributed by atoms with Crippen molar-refractivity contribution in [1.82, 2.24) is 10.6 Å². The van der Waals surface area contributed by atoms with Gasteiger partial charge in [-0.3, -0.25) is 9.59 Å². The van der Waals surface area contributed by atoms with Crippen LogP contribution in [0.4, 0.5) is 5.69 Å². The zero-order valence-corrected chi connectivity index (χ0v) is 23.2. The van der Waals surface area contributed by atoms with Crippen LogP contribution in [0.1, 0.15) is 12.5 Å². The van der Waals surface area contributed by atoms with Crippen LogP contribution in [0.25, 0.3) is 10.8 Å². The molecule has 1 aliphatic rings. The highest BCUT2D eigenvalue weighted by Crippen LogP contribution is 2.40. The lowest BCUT2D eigenvalue weighted by molar-refractivity contribution is -0.131. The quantitative estimate of drug-likeness (QED) is 0.418. The number of carbonyl (C=O) groups excluding carboxylic acids is 2. The molecule has 2 atom stereocenters. The van der Waals surface area contributed by atoms with Crippen LogP contribution >= 0.6 is 27.7 Å². The Morgan fingerprint density at radius 3 is 2.72 bits per heavy atom. The summed E-state index contributed by atoms with van der Waals surface area (Å²) >= 11 is 5.11. The first-order valence-corrected chi connectivity index (χ1v) is 13.8. The van der Waals surface area contributed by atoms with Gasteiger partial charge in [0.2, 0.25) is 5.91 Å². The zero-order chi connectivity index (χ0) is 25.9. The summed E-state index contributed by atoms with van der Waals surface area (Å²) in [6.07, 6.45) is 1.96. The molecule has 190 valence electrons. The maximum absolute atomic E-state index is 14.3. The molecule has 3 aromatic carbocycles. The molecular formula is C27H30BrN3O4S. The van der Waals surface area contributed by atoms with Gasteiger partial charge in [-0.25, -0.2) is 0 Å². The van der Waals surface area contributed by atoms with E-state index in [0.29, 0.717) is 22.9 Å². The van der Waals surface area contributed by atoms with E-state index in [-0.39, 0.29) is 24.9 Å². The van der Waals surface area contributed by atoms with E-state index in [2.05, 4.69) is 26.6 Å². The summed E-state index contributed by atoms with van der Waals surface area (Å²) in [5.41, 5.74) is 0.564. The number of rotatable bonds is 8. The van der Waals surface area contributed by atoms with Crippen molar-refractivity contribution < 1.29 is 19.1 Å². The van der Waals surface area contributed by atoms with E-state index in [9.17, 15) is 9.59 Å². The van der Waals surface area contributed by atoms with Gasteiger partial charge in [-0.2, -0.15) is 11.8 Å². The molecule has 0 saturated heterocycles. The van der Waals surface area contributed by atoms with Crippen molar-refractivity contribution in [3.8, 4) is 11.5 Å². The van der Waals surface area contributed by atoms with Crippen LogP contribution in [0, 0.1) is 0 Å². The summed E-state index contributed by atoms with van der Waals surface area (Å²) in [5.74, 6) is 1.27. The topological polar surface area (TPSA) is 79.9 Å². The van der Waals surface area contributed by atoms with Crippen LogP contribution in [0.15, 0.2) is 59.1 Å². The molecule has 1 aliphatic heterocycles. The summed E-state index contributed by atoms with van der Waals surface area (Å²) in [6, 6.07) is 16.6. The van der Waals surface area contributed by atoms with Crippen molar-refractivity contribution >= 4 is 56.0 Å². The lowest BCUT2D eigenvalue weighted by Crippen LogP contribution is -2.62. The molecule has 1 unspecified atom stereocenters. The smallest absolute Gasteiger partial charge is 0.254 e. The zero-order valence-electron chi connectivity index (χ0n) is 20.8. The van der Waals surface area contributed by atoms with Gasteiger partial charge in [0.1, 0.15) is 23.1 Å². The maximum atomic E-state index is 14.3. The number of anilines is 1. The molecule has 3 aromatic rings. The minimum Gasteiger partial charge on any atom is -0.496 e. The molecule has 0 aromatic heterocycles. The number of halogens is 1. The Labute approximate surface area is 224 Å². The third kappa shape index (κ3) is 5.19. The van der Waals surface area contributed by atoms with Crippen LogP contribution in [0.5, 0.6) is 11.5 Å². The van der Waals surface area contributed by atoms with Crippen LogP contribution in [0.3, 0.4) is 0 Å². The number of hydrogen-bond donors (Lipinski definition) is 2. The lowest BCUT2D eigenvalue weighted by Gasteiger charge is -2.36. The second-order valence-electron chi connectivity index (χ2n) is 8.88. The Kier molecular flexibility index (Phi) is 8.12. The fraction of sp³-hybridized carbons (Fsp3) is 0.333. The molecule has 0 spiro atoms. The molecule has 0 fully saturated rings. The van der Waals surface area contributed by atoms with Crippen molar-refractivity contribution in [1.29, 1.82) is 0 Å². The van der Waals surface area contributed by atoms with E-state index in [4.69, 9.17) is 9.47 Å². The van der Waals surface area contributed by atoms with Gasteiger partial charge in [-0.05, 0) is 61.3 Å². The number of nitrogens with zero attached hydrogens (tertiary/aromatic N) is 1. The average Bonchev–Trinajstić information content (AvgIpc) is 2.93. The highest BCUT2D eigenvalue weighted by atomic mass is 79.9. The number of para-hydroxylation sites is 2. The number of benzene rings is 3. The monoisotopic (exact) mass is 571 g/mol. The van der Waals surface area contributed by atoms with E-state index >= 15 is 0 Å². The second-order valence-corrected chi connectivity index (χ2v) is 10.7. The molecule has 0 aliphatic carbocycles. The molecule has 2 amide bonds. The number of thioether (sulfide) groups is 1. The molecule has 4 rings (SSSR count). The van der Waals surface area contributed by atoms with Gasteiger partial charge >= 0.3 is 0 Å². The normalized spacial score (nSPS) is 19.4. The van der Waals surface area contributed by atoms with Gasteiger partial charge in [-0.1, -0.05) is 40.2 Å². The summed E-state index contributed by atoms with van der Waals surface area (Å²) in [6.45, 7) is 2.22. The largest absolute Gasteiger partial charge is 0.496 e. The van der Waals surface area contributed by atoms with Crippen molar-refractivity contribution in [2.24, 2.45) is 0 Å². The molecule has 36 heavy (non-hydrogen) atoms. The SMILES string of the molecule is CNCC(=O)N[C@@H]1C(=O)N(Cc2c(OC)ccc3cc(Br)ccc23)c2ccccc2OC1(C)CSC. The average molecular weight is 573 g/mol. The van der Waals surface area contributed by atoms with E-state index in [1.54, 1.807) is 30.8 Å². The number of methoxy groups -OCH3 is 1. The van der Waals surface area contributed by atoms with Crippen LogP contribution in [-0.4, -0.2) is 56.2 Å². The van der Waals surface area contributed by atoms with Crippen molar-refractivity contribution in [3.05, 3.63) is 64.6 Å². The number of carbonyl (C=O) groups is 2. The van der Waals surface area contributed by atoms with E-state index in [1.807, 2.05) is 67.8 Å². The van der Waals surface area contributed by atoms with Crippen molar-refractivity contribution in [2.75, 3.05) is 37.6 Å². The summed E-state index contributed by atoms with van der Waals surface area (Å²) in [7, 11) is 3.32. The Bertz CT molecular complexity index is 1290. The lowest BCUT2D eigenvalue weighted by atomic mass is 9.96. The molecule has 9 heteroatoms. The van der Waals surface area contributed by atoms with Gasteiger partial charge < -0.3 is 25.0 Å². The van der Waals surface area contributed by atoms with Crippen molar-refractivity contribution in [3.63, 3.8) is 0 Å². The van der Waals surface area contributed by atoms with E-state index in [0.717, 1.165) is 20.8 Å². The highest BCUT2D eigenvalue weighted by molar-refractivity contribution is 9.10. The van der Waals surface area contributed by atoms with Crippen LogP contribution < -0.4 is 25.0 Å². The second kappa shape index (κ2) is 11.1. The summed E-state index contributed by atoms with van der Waals surface area (Å²) in [5, 5.41) is 7.80. The number of likely N-dealkylation sites (N-methyl/N-ethyl adjacent to an activating group) is 1. The highest BCUT2D eigenvalue weighted by Gasteiger charge is 2.47. The van der Waals surface area contributed by atoms with Gasteiger partial charge in [0.25, 0.3) is 5.91 Å².